The van der Waals surface area contributed by atoms with Crippen molar-refractivity contribution in [3.05, 3.63) is 0 Å². The Bertz CT molecular complexity index is 1430. The number of unbranched alkanes of at least 4 members (excludes halogenated alkanes) is 18. The van der Waals surface area contributed by atoms with Gasteiger partial charge in [0.2, 0.25) is 41.4 Å². The van der Waals surface area contributed by atoms with E-state index < -0.39 is 29.8 Å². The Morgan fingerprint density at radius 3 is 1.12 bits per heavy atom. The van der Waals surface area contributed by atoms with Crippen molar-refractivity contribution in [3.8, 4) is 0 Å². The number of carbonyl (C=O) groups excluding carboxylic acids is 7. The molecule has 0 aromatic rings. The quantitative estimate of drug-likeness (QED) is 0.0397. The summed E-state index contributed by atoms with van der Waals surface area (Å²) >= 11 is 0. The monoisotopic (exact) mass is 1070 g/mol. The molecule has 10 N–H and O–H groups in total. The van der Waals surface area contributed by atoms with Gasteiger partial charge in [-0.3, -0.25) is 33.6 Å². The van der Waals surface area contributed by atoms with E-state index >= 15 is 0 Å². The van der Waals surface area contributed by atoms with Crippen LogP contribution in [0, 0.1) is 0 Å². The largest absolute Gasteiger partial charge is 0.377 e. The summed E-state index contributed by atoms with van der Waals surface area (Å²) in [5, 5.41) is 16.8. The van der Waals surface area contributed by atoms with Gasteiger partial charge in [0, 0.05) is 45.6 Å². The van der Waals surface area contributed by atoms with Crippen molar-refractivity contribution in [2.45, 2.75) is 193 Å². The van der Waals surface area contributed by atoms with Crippen LogP contribution in [0.5, 0.6) is 0 Å². The van der Waals surface area contributed by atoms with Gasteiger partial charge in [0.25, 0.3) is 0 Å². The van der Waals surface area contributed by atoms with E-state index in [0.29, 0.717) is 90.8 Å². The summed E-state index contributed by atoms with van der Waals surface area (Å²) < 4.78 is 32.8. The van der Waals surface area contributed by atoms with E-state index in [1.807, 2.05) is 0 Å². The topological polar surface area (TPSA) is 299 Å². The van der Waals surface area contributed by atoms with Crippen molar-refractivity contribution < 1.29 is 62.0 Å². The van der Waals surface area contributed by atoms with E-state index in [4.69, 9.17) is 39.9 Å². The maximum absolute atomic E-state index is 13.2. The lowest BCUT2D eigenvalue weighted by molar-refractivity contribution is -0.132. The standard InChI is InChI=1S/C54H104N8O13/c1-3-5-7-9-11-13-15-17-19-27-48(63)59-31-34-70-37-40-73-44-51(66)58-30-24-22-26-47(54(69)61-33-36-72-38-41-74-43-50(65)57-29-23-21-25-46(55)53(56)68)62-52(67)45-75-42-39-71-35-32-60-49(64)28-20-18-16-14-12-10-8-6-4-2/h46-47H,3-45,55H2,1-2H3,(H2,56,68)(H,57,65)(H,58,66)(H,59,63)(H,60,64)(H,61,69)(H,62,67). The maximum atomic E-state index is 13.2. The van der Waals surface area contributed by atoms with Crippen LogP contribution in [0.4, 0.5) is 0 Å². The van der Waals surface area contributed by atoms with Gasteiger partial charge < -0.3 is 71.8 Å². The molecule has 2 atom stereocenters. The fourth-order valence-electron chi connectivity index (χ4n) is 7.59. The Labute approximate surface area is 450 Å². The summed E-state index contributed by atoms with van der Waals surface area (Å²) in [6.45, 7) is 7.70. The van der Waals surface area contributed by atoms with Gasteiger partial charge in [0.15, 0.2) is 0 Å². The molecule has 0 aromatic carbocycles. The van der Waals surface area contributed by atoms with Crippen molar-refractivity contribution in [1.82, 2.24) is 31.9 Å². The Morgan fingerprint density at radius 2 is 0.707 bits per heavy atom. The summed E-state index contributed by atoms with van der Waals surface area (Å²) in [6, 6.07) is -1.56. The van der Waals surface area contributed by atoms with Crippen LogP contribution >= 0.6 is 0 Å². The molecule has 0 aliphatic heterocycles. The third kappa shape index (κ3) is 51.9. The van der Waals surface area contributed by atoms with Crippen LogP contribution in [0.2, 0.25) is 0 Å². The van der Waals surface area contributed by atoms with E-state index in [1.165, 1.54) is 83.5 Å². The molecular weight excluding hydrogens is 969 g/mol. The Balaban J connectivity index is 4.44. The molecule has 0 bridgehead atoms. The SMILES string of the molecule is CCCCCCCCCCCC(=O)NCCOCCOCC(=O)NCCCCC(NC(=O)COCCOCCNC(=O)CCCCCCCCCCC)C(=O)NCCOCCOCC(=O)NCCCCC(N)C(N)=O. The molecule has 0 fully saturated rings. The average Bonchev–Trinajstić information content (AvgIpc) is 3.39. The van der Waals surface area contributed by atoms with Crippen LogP contribution in [0.25, 0.3) is 0 Å². The van der Waals surface area contributed by atoms with Gasteiger partial charge in [-0.25, -0.2) is 0 Å². The van der Waals surface area contributed by atoms with Gasteiger partial charge in [0.1, 0.15) is 25.9 Å². The lowest BCUT2D eigenvalue weighted by Crippen LogP contribution is -2.48. The van der Waals surface area contributed by atoms with E-state index in [-0.39, 0.29) is 96.2 Å². The molecule has 2 unspecified atom stereocenters. The molecule has 438 valence electrons. The highest BCUT2D eigenvalue weighted by Gasteiger charge is 2.20. The van der Waals surface area contributed by atoms with E-state index in [0.717, 1.165) is 32.1 Å². The van der Waals surface area contributed by atoms with Gasteiger partial charge in [-0.15, -0.1) is 0 Å². The first-order valence-electron chi connectivity index (χ1n) is 28.6. The second-order valence-electron chi connectivity index (χ2n) is 19.0. The number of primary amides is 1. The molecule has 0 radical (unpaired) electrons. The molecule has 0 heterocycles. The third-order valence-corrected chi connectivity index (χ3v) is 12.0. The number of hydrogen-bond acceptors (Lipinski definition) is 14. The Kier molecular flexibility index (Phi) is 51.9. The van der Waals surface area contributed by atoms with Crippen molar-refractivity contribution >= 4 is 41.4 Å². The normalized spacial score (nSPS) is 11.9. The van der Waals surface area contributed by atoms with Crippen LogP contribution in [0.15, 0.2) is 0 Å². The van der Waals surface area contributed by atoms with Gasteiger partial charge >= 0.3 is 0 Å². The lowest BCUT2D eigenvalue weighted by atomic mass is 10.1. The van der Waals surface area contributed by atoms with Crippen molar-refractivity contribution in [1.29, 1.82) is 0 Å². The number of amides is 7. The fraction of sp³-hybridized carbons (Fsp3) is 0.870. The van der Waals surface area contributed by atoms with Crippen molar-refractivity contribution in [2.75, 3.05) is 112 Å². The number of ether oxygens (including phenoxy) is 6. The Hall–Kier alpha value is -3.99. The van der Waals surface area contributed by atoms with Crippen molar-refractivity contribution in [3.63, 3.8) is 0 Å². The van der Waals surface area contributed by atoms with Crippen molar-refractivity contribution in [2.24, 2.45) is 11.5 Å². The molecular formula is C54H104N8O13. The highest BCUT2D eigenvalue weighted by atomic mass is 16.5. The zero-order chi connectivity index (χ0) is 55.1. The van der Waals surface area contributed by atoms with Gasteiger partial charge in [0.05, 0.1) is 65.5 Å². The molecule has 7 amide bonds. The molecule has 0 aliphatic carbocycles. The first-order valence-corrected chi connectivity index (χ1v) is 28.6. The first kappa shape index (κ1) is 71.0. The third-order valence-electron chi connectivity index (χ3n) is 12.0. The second-order valence-corrected chi connectivity index (χ2v) is 19.0. The molecule has 0 rings (SSSR count). The Morgan fingerprint density at radius 1 is 0.360 bits per heavy atom. The lowest BCUT2D eigenvalue weighted by Gasteiger charge is -2.19. The summed E-state index contributed by atoms with van der Waals surface area (Å²) in [5.41, 5.74) is 10.7. The highest BCUT2D eigenvalue weighted by molar-refractivity contribution is 5.88. The summed E-state index contributed by atoms with van der Waals surface area (Å²) in [7, 11) is 0. The summed E-state index contributed by atoms with van der Waals surface area (Å²) in [5.74, 6) is -1.96. The summed E-state index contributed by atoms with van der Waals surface area (Å²) in [4.78, 5) is 85.5. The predicted molar refractivity (Wildman–Crippen MR) is 290 cm³/mol. The smallest absolute Gasteiger partial charge is 0.246 e. The number of rotatable bonds is 57. The van der Waals surface area contributed by atoms with E-state index in [1.54, 1.807) is 0 Å². The van der Waals surface area contributed by atoms with Crippen LogP contribution in [0.3, 0.4) is 0 Å². The number of nitrogens with one attached hydrogen (secondary N) is 6. The van der Waals surface area contributed by atoms with Gasteiger partial charge in [-0.1, -0.05) is 117 Å². The van der Waals surface area contributed by atoms with Gasteiger partial charge in [-0.2, -0.15) is 0 Å². The van der Waals surface area contributed by atoms with Crippen LogP contribution in [0.1, 0.15) is 181 Å². The molecule has 0 aliphatic rings. The molecule has 0 saturated heterocycles. The number of carbonyl (C=O) groups is 7. The molecule has 0 spiro atoms. The van der Waals surface area contributed by atoms with E-state index in [9.17, 15) is 33.6 Å². The fourth-order valence-corrected chi connectivity index (χ4v) is 7.59. The minimum Gasteiger partial charge on any atom is -0.377 e. The van der Waals surface area contributed by atoms with Gasteiger partial charge in [-0.05, 0) is 51.4 Å². The molecule has 21 heteroatoms. The maximum Gasteiger partial charge on any atom is 0.246 e. The second kappa shape index (κ2) is 54.8. The van der Waals surface area contributed by atoms with Crippen LogP contribution in [-0.4, -0.2) is 165 Å². The zero-order valence-electron chi connectivity index (χ0n) is 46.5. The molecule has 21 nitrogen and oxygen atoms in total. The molecule has 0 aromatic heterocycles. The van der Waals surface area contributed by atoms with E-state index in [2.05, 4.69) is 45.7 Å². The summed E-state index contributed by atoms with van der Waals surface area (Å²) in [6.07, 6.45) is 25.8. The zero-order valence-corrected chi connectivity index (χ0v) is 46.5. The van der Waals surface area contributed by atoms with Crippen LogP contribution < -0.4 is 43.4 Å². The predicted octanol–water partition coefficient (Wildman–Crippen LogP) is 4.15. The molecule has 0 saturated carbocycles. The average molecular weight is 1070 g/mol. The minimum absolute atomic E-state index is 0.0156. The molecule has 75 heavy (non-hydrogen) atoms. The number of hydrogen-bond donors (Lipinski definition) is 8. The minimum atomic E-state index is -0.870. The first-order chi connectivity index (χ1) is 36.5. The van der Waals surface area contributed by atoms with Crippen LogP contribution in [-0.2, 0) is 62.0 Å². The highest BCUT2D eigenvalue weighted by Crippen LogP contribution is 2.12. The number of nitrogens with two attached hydrogens (primary N) is 2.